The largest absolute Gasteiger partial charge is 0.384 e. The number of nitrogens with zero attached hydrogens (tertiary/aromatic N) is 4. The Morgan fingerprint density at radius 3 is 2.36 bits per heavy atom. The first-order chi connectivity index (χ1) is 10.5. The van der Waals surface area contributed by atoms with E-state index in [1.807, 2.05) is 11.7 Å². The van der Waals surface area contributed by atoms with Crippen LogP contribution in [0.5, 0.6) is 0 Å². The third-order valence-electron chi connectivity index (χ3n) is 4.45. The molecule has 1 unspecified atom stereocenters. The molecule has 1 atom stereocenters. The van der Waals surface area contributed by atoms with Crippen LogP contribution in [0.15, 0.2) is 0 Å². The van der Waals surface area contributed by atoms with Crippen LogP contribution >= 0.6 is 0 Å². The van der Waals surface area contributed by atoms with Crippen LogP contribution in [0.25, 0.3) is 0 Å². The molecule has 0 saturated carbocycles. The fourth-order valence-corrected chi connectivity index (χ4v) is 3.19. The van der Waals surface area contributed by atoms with Crippen LogP contribution in [0.4, 0.5) is 0 Å². The summed E-state index contributed by atoms with van der Waals surface area (Å²) in [6, 6.07) is 0. The molecule has 0 bridgehead atoms. The Morgan fingerprint density at radius 2 is 1.86 bits per heavy atom. The average molecular weight is 308 g/mol. The molecule has 2 rings (SSSR count). The molecular weight excluding hydrogens is 280 g/mol. The Bertz CT molecular complexity index is 516. The number of carbonyl (C=O) groups excluding carboxylic acids is 1. The van der Waals surface area contributed by atoms with E-state index in [0.717, 1.165) is 32.5 Å². The van der Waals surface area contributed by atoms with E-state index in [1.54, 1.807) is 4.90 Å². The zero-order valence-electron chi connectivity index (χ0n) is 14.2. The zero-order chi connectivity index (χ0) is 16.3. The fourth-order valence-electron chi connectivity index (χ4n) is 3.19. The topological polar surface area (TPSA) is 61.6 Å². The van der Waals surface area contributed by atoms with Crippen LogP contribution in [-0.2, 0) is 31.2 Å². The van der Waals surface area contributed by atoms with E-state index in [2.05, 4.69) is 23.8 Å². The van der Waals surface area contributed by atoms with Crippen LogP contribution < -0.4 is 0 Å². The van der Waals surface area contributed by atoms with Gasteiger partial charge in [-0.25, -0.2) is 0 Å². The molecule has 1 amide bonds. The molecule has 0 radical (unpaired) electrons. The highest BCUT2D eigenvalue weighted by molar-refractivity contribution is 5.80. The molecule has 6 nitrogen and oxygen atoms in total. The number of piperazine rings is 1. The highest BCUT2D eigenvalue weighted by Gasteiger charge is 2.25. The molecular formula is C16H28N4O2. The summed E-state index contributed by atoms with van der Waals surface area (Å²) in [5.74, 6) is -0.162. The second-order valence-electron chi connectivity index (χ2n) is 5.98. The molecule has 1 aliphatic rings. The van der Waals surface area contributed by atoms with Gasteiger partial charge in [-0.05, 0) is 19.8 Å². The van der Waals surface area contributed by atoms with Gasteiger partial charge in [-0.2, -0.15) is 5.10 Å². The van der Waals surface area contributed by atoms with Crippen molar-refractivity contribution in [1.29, 1.82) is 0 Å². The van der Waals surface area contributed by atoms with Crippen molar-refractivity contribution in [3.63, 3.8) is 0 Å². The van der Waals surface area contributed by atoms with Crippen LogP contribution in [0.1, 0.15) is 37.7 Å². The first kappa shape index (κ1) is 17.0. The van der Waals surface area contributed by atoms with Gasteiger partial charge in [-0.3, -0.25) is 14.4 Å². The van der Waals surface area contributed by atoms with Crippen molar-refractivity contribution in [1.82, 2.24) is 19.6 Å². The fraction of sp³-hybridized carbons (Fsp3) is 0.750. The summed E-state index contributed by atoms with van der Waals surface area (Å²) < 4.78 is 2.00. The summed E-state index contributed by atoms with van der Waals surface area (Å²) in [7, 11) is 2.01. The minimum atomic E-state index is -0.900. The van der Waals surface area contributed by atoms with E-state index in [4.69, 9.17) is 0 Å². The summed E-state index contributed by atoms with van der Waals surface area (Å²) in [5.41, 5.74) is 3.84. The van der Waals surface area contributed by atoms with E-state index < -0.39 is 6.10 Å². The lowest BCUT2D eigenvalue weighted by atomic mass is 10.1. The second kappa shape index (κ2) is 7.24. The lowest BCUT2D eigenvalue weighted by Gasteiger charge is -2.35. The van der Waals surface area contributed by atoms with E-state index >= 15 is 0 Å². The maximum Gasteiger partial charge on any atom is 0.251 e. The average Bonchev–Trinajstić information content (AvgIpc) is 2.82. The summed E-state index contributed by atoms with van der Waals surface area (Å²) in [6.45, 7) is 9.81. The number of hydrogen-bond donors (Lipinski definition) is 1. The second-order valence-corrected chi connectivity index (χ2v) is 5.98. The van der Waals surface area contributed by atoms with Gasteiger partial charge in [-0.1, -0.05) is 13.8 Å². The number of hydrogen-bond acceptors (Lipinski definition) is 4. The van der Waals surface area contributed by atoms with Gasteiger partial charge in [0.1, 0.15) is 6.10 Å². The molecule has 0 spiro atoms. The Morgan fingerprint density at radius 1 is 1.23 bits per heavy atom. The first-order valence-electron chi connectivity index (χ1n) is 8.20. The number of aliphatic hydroxyl groups excluding tert-OH is 1. The maximum atomic E-state index is 11.8. The molecule has 22 heavy (non-hydrogen) atoms. The summed E-state index contributed by atoms with van der Waals surface area (Å²) in [6.07, 6.45) is 1.03. The van der Waals surface area contributed by atoms with Crippen LogP contribution in [0.3, 0.4) is 0 Å². The predicted molar refractivity (Wildman–Crippen MR) is 85.5 cm³/mol. The molecule has 1 aromatic heterocycles. The molecule has 6 heteroatoms. The number of rotatable bonds is 5. The predicted octanol–water partition coefficient (Wildman–Crippen LogP) is 0.570. The van der Waals surface area contributed by atoms with Crippen molar-refractivity contribution in [2.45, 2.75) is 46.3 Å². The normalized spacial score (nSPS) is 17.8. The molecule has 0 aromatic carbocycles. The summed E-state index contributed by atoms with van der Waals surface area (Å²) >= 11 is 0. The molecule has 1 fully saturated rings. The number of carbonyl (C=O) groups is 1. The van der Waals surface area contributed by atoms with E-state index in [9.17, 15) is 9.90 Å². The van der Waals surface area contributed by atoms with Crippen molar-refractivity contribution in [3.8, 4) is 0 Å². The van der Waals surface area contributed by atoms with Gasteiger partial charge in [0.05, 0.1) is 5.69 Å². The minimum Gasteiger partial charge on any atom is -0.384 e. The Balaban J connectivity index is 2.01. The maximum absolute atomic E-state index is 11.8. The highest BCUT2D eigenvalue weighted by Crippen LogP contribution is 2.19. The Kier molecular flexibility index (Phi) is 5.58. The van der Waals surface area contributed by atoms with E-state index in [0.29, 0.717) is 13.1 Å². The zero-order valence-corrected chi connectivity index (χ0v) is 14.2. The van der Waals surface area contributed by atoms with Gasteiger partial charge >= 0.3 is 0 Å². The smallest absolute Gasteiger partial charge is 0.251 e. The monoisotopic (exact) mass is 308 g/mol. The van der Waals surface area contributed by atoms with Gasteiger partial charge in [0.2, 0.25) is 0 Å². The van der Waals surface area contributed by atoms with Crippen LogP contribution in [0.2, 0.25) is 0 Å². The quantitative estimate of drug-likeness (QED) is 0.864. The number of aliphatic hydroxyl groups is 1. The molecule has 1 saturated heterocycles. The van der Waals surface area contributed by atoms with E-state index in [-0.39, 0.29) is 5.91 Å². The van der Waals surface area contributed by atoms with Crippen molar-refractivity contribution in [3.05, 3.63) is 17.0 Å². The lowest BCUT2D eigenvalue weighted by Crippen LogP contribution is -2.50. The molecule has 0 aliphatic carbocycles. The van der Waals surface area contributed by atoms with Crippen LogP contribution in [-0.4, -0.2) is 62.9 Å². The number of aromatic nitrogens is 2. The third-order valence-corrected chi connectivity index (χ3v) is 4.45. The van der Waals surface area contributed by atoms with Gasteiger partial charge in [0.15, 0.2) is 0 Å². The number of amides is 1. The van der Waals surface area contributed by atoms with Crippen LogP contribution in [0, 0.1) is 0 Å². The third kappa shape index (κ3) is 3.50. The SMILES string of the molecule is CCc1nn(C)c(CC)c1CN1CCN(C(=O)C(C)O)CC1. The van der Waals surface area contributed by atoms with Crippen molar-refractivity contribution in [2.24, 2.45) is 7.05 Å². The molecule has 2 heterocycles. The summed E-state index contributed by atoms with van der Waals surface area (Å²) in [4.78, 5) is 15.9. The Labute approximate surface area is 132 Å². The molecule has 1 N–H and O–H groups in total. The van der Waals surface area contributed by atoms with Gasteiger partial charge in [-0.15, -0.1) is 0 Å². The molecule has 124 valence electrons. The van der Waals surface area contributed by atoms with Gasteiger partial charge < -0.3 is 10.0 Å². The van der Waals surface area contributed by atoms with Crippen molar-refractivity contribution >= 4 is 5.91 Å². The van der Waals surface area contributed by atoms with Gasteiger partial charge in [0, 0.05) is 51.0 Å². The standard InChI is InChI=1S/C16H28N4O2/c1-5-14-13(15(6-2)18(4)17-14)11-19-7-9-20(10-8-19)16(22)12(3)21/h12,21H,5-11H2,1-4H3. The van der Waals surface area contributed by atoms with Crippen molar-refractivity contribution in [2.75, 3.05) is 26.2 Å². The van der Waals surface area contributed by atoms with Crippen molar-refractivity contribution < 1.29 is 9.90 Å². The molecule has 1 aliphatic heterocycles. The molecule has 1 aromatic rings. The lowest BCUT2D eigenvalue weighted by molar-refractivity contribution is -0.141. The van der Waals surface area contributed by atoms with Gasteiger partial charge in [0.25, 0.3) is 5.91 Å². The highest BCUT2D eigenvalue weighted by atomic mass is 16.3. The first-order valence-corrected chi connectivity index (χ1v) is 8.20. The minimum absolute atomic E-state index is 0.162. The number of aryl methyl sites for hydroxylation is 2. The summed E-state index contributed by atoms with van der Waals surface area (Å²) in [5, 5.41) is 14.0. The Hall–Kier alpha value is -1.40. The van der Waals surface area contributed by atoms with E-state index in [1.165, 1.54) is 23.9 Å².